The highest BCUT2D eigenvalue weighted by Crippen LogP contribution is 2.37. The molecule has 3 aromatic carbocycles. The Morgan fingerprint density at radius 2 is 1.76 bits per heavy atom. The summed E-state index contributed by atoms with van der Waals surface area (Å²) < 4.78 is 11.5. The van der Waals surface area contributed by atoms with Crippen molar-refractivity contribution in [2.24, 2.45) is 4.99 Å². The van der Waals surface area contributed by atoms with Gasteiger partial charge in [-0.1, -0.05) is 36.4 Å². The fourth-order valence-corrected chi connectivity index (χ4v) is 4.36. The van der Waals surface area contributed by atoms with Gasteiger partial charge in [-0.2, -0.15) is 0 Å². The molecule has 0 aromatic heterocycles. The Kier molecular flexibility index (Phi) is 5.98. The number of para-hydroxylation sites is 3. The molecule has 2 heterocycles. The molecule has 0 N–H and O–H groups in total. The summed E-state index contributed by atoms with van der Waals surface area (Å²) in [6.45, 7) is 2.95. The van der Waals surface area contributed by atoms with E-state index in [-0.39, 0.29) is 5.91 Å². The highest BCUT2D eigenvalue weighted by atomic mass is 16.5. The molecule has 0 saturated carbocycles. The van der Waals surface area contributed by atoms with Gasteiger partial charge in [-0.25, -0.2) is 4.99 Å². The normalized spacial score (nSPS) is 15.4. The van der Waals surface area contributed by atoms with E-state index < -0.39 is 0 Å². The zero-order valence-electron chi connectivity index (χ0n) is 18.7. The zero-order chi connectivity index (χ0) is 22.6. The average molecular weight is 442 g/mol. The number of aliphatic imine (C=N–C) groups is 1. The Morgan fingerprint density at radius 3 is 2.64 bits per heavy atom. The van der Waals surface area contributed by atoms with Crippen molar-refractivity contribution in [3.8, 4) is 17.2 Å². The van der Waals surface area contributed by atoms with Crippen molar-refractivity contribution in [3.05, 3.63) is 83.9 Å². The van der Waals surface area contributed by atoms with E-state index in [0.717, 1.165) is 66.0 Å². The first-order valence-electron chi connectivity index (χ1n) is 11.3. The Bertz CT molecular complexity index is 1190. The third-order valence-corrected chi connectivity index (χ3v) is 6.08. The van der Waals surface area contributed by atoms with Crippen LogP contribution in [0.1, 0.15) is 17.5 Å². The highest BCUT2D eigenvalue weighted by Gasteiger charge is 2.26. The predicted molar refractivity (Wildman–Crippen MR) is 129 cm³/mol. The fraction of sp³-hybridized carbons (Fsp3) is 0.259. The Morgan fingerprint density at radius 1 is 0.939 bits per heavy atom. The van der Waals surface area contributed by atoms with Crippen LogP contribution in [-0.4, -0.2) is 54.8 Å². The van der Waals surface area contributed by atoms with Gasteiger partial charge in [0, 0.05) is 26.2 Å². The van der Waals surface area contributed by atoms with Crippen LogP contribution in [0.25, 0.3) is 0 Å². The summed E-state index contributed by atoms with van der Waals surface area (Å²) in [7, 11) is 1.64. The van der Waals surface area contributed by atoms with Crippen LogP contribution in [0.4, 0.5) is 5.69 Å². The summed E-state index contributed by atoms with van der Waals surface area (Å²) >= 11 is 0. The summed E-state index contributed by atoms with van der Waals surface area (Å²) in [5.74, 6) is 3.37. The fourth-order valence-electron chi connectivity index (χ4n) is 4.36. The van der Waals surface area contributed by atoms with Crippen molar-refractivity contribution in [1.82, 2.24) is 9.80 Å². The second kappa shape index (κ2) is 9.36. The van der Waals surface area contributed by atoms with E-state index in [1.807, 2.05) is 71.6 Å². The molecule has 3 aromatic rings. The second-order valence-corrected chi connectivity index (χ2v) is 8.25. The predicted octanol–water partition coefficient (Wildman–Crippen LogP) is 4.66. The molecule has 2 aliphatic rings. The van der Waals surface area contributed by atoms with Crippen LogP contribution in [0.5, 0.6) is 17.2 Å². The molecule has 0 unspecified atom stereocenters. The smallest absolute Gasteiger partial charge is 0.227 e. The van der Waals surface area contributed by atoms with Gasteiger partial charge in [0.2, 0.25) is 5.91 Å². The lowest BCUT2D eigenvalue weighted by Crippen LogP contribution is -2.38. The van der Waals surface area contributed by atoms with E-state index in [4.69, 9.17) is 14.5 Å². The number of amides is 1. The summed E-state index contributed by atoms with van der Waals surface area (Å²) in [5.41, 5.74) is 2.76. The Hall–Kier alpha value is -3.80. The molecule has 0 atom stereocenters. The maximum atomic E-state index is 13.0. The number of hydrogen-bond donors (Lipinski definition) is 0. The number of ether oxygens (including phenoxy) is 2. The molecule has 168 valence electrons. The van der Waals surface area contributed by atoms with Crippen molar-refractivity contribution >= 4 is 17.4 Å². The van der Waals surface area contributed by atoms with Crippen LogP contribution in [0, 0.1) is 0 Å². The second-order valence-electron chi connectivity index (χ2n) is 8.25. The van der Waals surface area contributed by atoms with E-state index in [0.29, 0.717) is 13.0 Å². The summed E-state index contributed by atoms with van der Waals surface area (Å²) in [4.78, 5) is 22.3. The monoisotopic (exact) mass is 441 g/mol. The largest absolute Gasteiger partial charge is 0.497 e. The van der Waals surface area contributed by atoms with Gasteiger partial charge in [-0.15, -0.1) is 0 Å². The molecule has 5 rings (SSSR count). The number of fused-ring (bicyclic) bond motifs is 2. The van der Waals surface area contributed by atoms with Crippen LogP contribution in [-0.2, 0) is 11.2 Å². The SMILES string of the molecule is COc1cccc(CC(=O)N2CCCN(C3=Nc4ccccc4Oc4ccccc43)CC2)c1. The van der Waals surface area contributed by atoms with Crippen LogP contribution in [0.3, 0.4) is 0 Å². The number of carbonyl (C=O) groups excluding carboxylic acids is 1. The molecule has 0 bridgehead atoms. The van der Waals surface area contributed by atoms with Gasteiger partial charge in [-0.3, -0.25) is 4.79 Å². The lowest BCUT2D eigenvalue weighted by Gasteiger charge is -2.25. The number of rotatable bonds is 3. The average Bonchev–Trinajstić information content (AvgIpc) is 3.19. The van der Waals surface area contributed by atoms with Crippen molar-refractivity contribution in [2.45, 2.75) is 12.8 Å². The van der Waals surface area contributed by atoms with Gasteiger partial charge in [0.1, 0.15) is 23.0 Å². The molecular weight excluding hydrogens is 414 g/mol. The summed E-state index contributed by atoms with van der Waals surface area (Å²) in [6, 6.07) is 23.6. The lowest BCUT2D eigenvalue weighted by atomic mass is 10.1. The first-order valence-corrected chi connectivity index (χ1v) is 11.3. The van der Waals surface area contributed by atoms with E-state index in [2.05, 4.69) is 11.0 Å². The molecule has 6 heteroatoms. The topological polar surface area (TPSA) is 54.4 Å². The molecule has 6 nitrogen and oxygen atoms in total. The van der Waals surface area contributed by atoms with Gasteiger partial charge >= 0.3 is 0 Å². The number of amidine groups is 1. The Labute approximate surface area is 194 Å². The maximum absolute atomic E-state index is 13.0. The molecule has 33 heavy (non-hydrogen) atoms. The van der Waals surface area contributed by atoms with E-state index in [1.165, 1.54) is 0 Å². The molecule has 1 amide bonds. The van der Waals surface area contributed by atoms with Crippen molar-refractivity contribution in [1.29, 1.82) is 0 Å². The van der Waals surface area contributed by atoms with Crippen molar-refractivity contribution in [2.75, 3.05) is 33.3 Å². The third-order valence-electron chi connectivity index (χ3n) is 6.08. The van der Waals surface area contributed by atoms with Crippen molar-refractivity contribution in [3.63, 3.8) is 0 Å². The lowest BCUT2D eigenvalue weighted by molar-refractivity contribution is -0.130. The molecule has 0 spiro atoms. The van der Waals surface area contributed by atoms with Gasteiger partial charge in [0.25, 0.3) is 0 Å². The van der Waals surface area contributed by atoms with Gasteiger partial charge in [0.15, 0.2) is 5.75 Å². The van der Waals surface area contributed by atoms with E-state index >= 15 is 0 Å². The van der Waals surface area contributed by atoms with Gasteiger partial charge in [-0.05, 0) is 48.4 Å². The maximum Gasteiger partial charge on any atom is 0.227 e. The minimum absolute atomic E-state index is 0.141. The molecule has 1 saturated heterocycles. The number of hydrogen-bond acceptors (Lipinski definition) is 5. The van der Waals surface area contributed by atoms with E-state index in [1.54, 1.807) is 7.11 Å². The van der Waals surface area contributed by atoms with Gasteiger partial charge < -0.3 is 19.3 Å². The van der Waals surface area contributed by atoms with E-state index in [9.17, 15) is 4.79 Å². The number of methoxy groups -OCH3 is 1. The first kappa shape index (κ1) is 21.1. The quantitative estimate of drug-likeness (QED) is 0.593. The molecule has 2 aliphatic heterocycles. The van der Waals surface area contributed by atoms with Crippen LogP contribution in [0.2, 0.25) is 0 Å². The number of benzene rings is 3. The molecule has 0 radical (unpaired) electrons. The number of nitrogens with zero attached hydrogens (tertiary/aromatic N) is 3. The minimum Gasteiger partial charge on any atom is -0.497 e. The third kappa shape index (κ3) is 4.55. The minimum atomic E-state index is 0.141. The van der Waals surface area contributed by atoms with Crippen LogP contribution in [0.15, 0.2) is 77.8 Å². The summed E-state index contributed by atoms with van der Waals surface area (Å²) in [5, 5.41) is 0. The Balaban J connectivity index is 1.35. The van der Waals surface area contributed by atoms with Crippen LogP contribution >= 0.6 is 0 Å². The first-order chi connectivity index (χ1) is 16.2. The zero-order valence-corrected chi connectivity index (χ0v) is 18.7. The molecular formula is C27H27N3O3. The number of carbonyl (C=O) groups is 1. The van der Waals surface area contributed by atoms with Crippen molar-refractivity contribution < 1.29 is 14.3 Å². The van der Waals surface area contributed by atoms with Crippen LogP contribution < -0.4 is 9.47 Å². The highest BCUT2D eigenvalue weighted by molar-refractivity contribution is 6.03. The van der Waals surface area contributed by atoms with Gasteiger partial charge in [0.05, 0.1) is 19.1 Å². The standard InChI is InChI=1S/C27H27N3O3/c1-32-21-9-6-8-20(18-21)19-26(31)29-14-7-15-30(17-16-29)27-22-10-2-4-12-24(22)33-25-13-5-3-11-23(25)28-27/h2-6,8-13,18H,7,14-17,19H2,1H3. The molecule has 0 aliphatic carbocycles. The molecule has 1 fully saturated rings. The summed E-state index contributed by atoms with van der Waals surface area (Å²) in [6.07, 6.45) is 1.26.